The van der Waals surface area contributed by atoms with Crippen molar-refractivity contribution in [1.29, 1.82) is 0 Å². The number of unbranched alkanes of at least 4 members (excludes halogenated alkanes) is 3. The van der Waals surface area contributed by atoms with Crippen LogP contribution in [-0.2, 0) is 11.2 Å². The van der Waals surface area contributed by atoms with Gasteiger partial charge in [0.1, 0.15) is 5.78 Å². The van der Waals surface area contributed by atoms with Crippen molar-refractivity contribution in [2.24, 2.45) is 0 Å². The molecule has 0 spiro atoms. The number of rotatable bonds is 9. The summed E-state index contributed by atoms with van der Waals surface area (Å²) in [6, 6.07) is 10.3. The number of aromatic nitrogens is 2. The first-order valence-electron chi connectivity index (χ1n) is 9.50. The normalized spacial score (nSPS) is 11.2. The van der Waals surface area contributed by atoms with Crippen molar-refractivity contribution in [3.05, 3.63) is 48.1 Å². The summed E-state index contributed by atoms with van der Waals surface area (Å²) >= 11 is 0. The first-order chi connectivity index (χ1) is 12.7. The van der Waals surface area contributed by atoms with Crippen LogP contribution in [0.2, 0.25) is 0 Å². The third-order valence-electron chi connectivity index (χ3n) is 4.66. The average molecular weight is 350 g/mol. The molecule has 0 amide bonds. The Morgan fingerprint density at radius 2 is 1.92 bits per heavy atom. The summed E-state index contributed by atoms with van der Waals surface area (Å²) in [6.07, 6.45) is 8.26. The maximum atomic E-state index is 11.3. The molecule has 4 nitrogen and oxygen atoms in total. The fourth-order valence-electron chi connectivity index (χ4n) is 3.07. The zero-order chi connectivity index (χ0) is 18.4. The van der Waals surface area contributed by atoms with Crippen molar-refractivity contribution in [3.63, 3.8) is 0 Å². The van der Waals surface area contributed by atoms with Crippen LogP contribution >= 0.6 is 0 Å². The highest BCUT2D eigenvalue weighted by Gasteiger charge is 2.08. The Hall–Kier alpha value is -2.49. The molecule has 0 aliphatic rings. The Balaban J connectivity index is 1.53. The number of Topliss-reactive ketones (excluding diaryl/α,β-unsaturated/α-hetero) is 1. The SMILES string of the molecule is CCC(=O)CCCCCCc1ncc(-c2ccc3nc(C)ccc3c2)o1. The van der Waals surface area contributed by atoms with Gasteiger partial charge in [0.05, 0.1) is 11.7 Å². The molecule has 0 aliphatic heterocycles. The van der Waals surface area contributed by atoms with E-state index in [1.807, 2.05) is 32.0 Å². The molecule has 0 unspecified atom stereocenters. The number of benzene rings is 1. The van der Waals surface area contributed by atoms with Gasteiger partial charge in [0, 0.05) is 35.9 Å². The molecule has 0 atom stereocenters. The van der Waals surface area contributed by atoms with E-state index >= 15 is 0 Å². The highest BCUT2D eigenvalue weighted by molar-refractivity contribution is 5.83. The van der Waals surface area contributed by atoms with Gasteiger partial charge in [-0.25, -0.2) is 4.98 Å². The zero-order valence-electron chi connectivity index (χ0n) is 15.6. The number of aryl methyl sites for hydroxylation is 2. The Labute approximate surface area is 154 Å². The van der Waals surface area contributed by atoms with Crippen LogP contribution in [0.15, 0.2) is 40.9 Å². The van der Waals surface area contributed by atoms with Crippen LogP contribution in [0.25, 0.3) is 22.2 Å². The van der Waals surface area contributed by atoms with Crippen molar-refractivity contribution in [2.45, 2.75) is 58.8 Å². The maximum absolute atomic E-state index is 11.3. The lowest BCUT2D eigenvalue weighted by molar-refractivity contribution is -0.118. The number of pyridine rings is 1. The zero-order valence-corrected chi connectivity index (χ0v) is 15.6. The first kappa shape index (κ1) is 18.3. The fourth-order valence-corrected chi connectivity index (χ4v) is 3.07. The Bertz CT molecular complexity index is 883. The monoisotopic (exact) mass is 350 g/mol. The van der Waals surface area contributed by atoms with E-state index < -0.39 is 0 Å². The molecule has 2 heterocycles. The minimum atomic E-state index is 0.364. The third kappa shape index (κ3) is 4.78. The minimum Gasteiger partial charge on any atom is -0.441 e. The summed E-state index contributed by atoms with van der Waals surface area (Å²) in [4.78, 5) is 20.2. The Morgan fingerprint density at radius 1 is 1.08 bits per heavy atom. The largest absolute Gasteiger partial charge is 0.441 e. The van der Waals surface area contributed by atoms with Crippen molar-refractivity contribution in [2.75, 3.05) is 0 Å². The number of hydrogen-bond acceptors (Lipinski definition) is 4. The molecule has 0 fully saturated rings. The molecular formula is C22H26N2O2. The fraction of sp³-hybridized carbons (Fsp3) is 0.409. The highest BCUT2D eigenvalue weighted by Crippen LogP contribution is 2.25. The van der Waals surface area contributed by atoms with E-state index in [9.17, 15) is 4.79 Å². The molecule has 3 rings (SSSR count). The predicted molar refractivity (Wildman–Crippen MR) is 104 cm³/mol. The van der Waals surface area contributed by atoms with E-state index in [4.69, 9.17) is 4.42 Å². The summed E-state index contributed by atoms with van der Waals surface area (Å²) < 4.78 is 5.92. The van der Waals surface area contributed by atoms with Gasteiger partial charge in [-0.05, 0) is 44.0 Å². The molecule has 1 aromatic carbocycles. The van der Waals surface area contributed by atoms with Crippen LogP contribution in [0.1, 0.15) is 57.0 Å². The van der Waals surface area contributed by atoms with Gasteiger partial charge in [-0.2, -0.15) is 0 Å². The minimum absolute atomic E-state index is 0.364. The second-order valence-electron chi connectivity index (χ2n) is 6.78. The van der Waals surface area contributed by atoms with Crippen LogP contribution in [0.4, 0.5) is 0 Å². The van der Waals surface area contributed by atoms with Gasteiger partial charge in [0.15, 0.2) is 11.7 Å². The molecule has 0 saturated carbocycles. The third-order valence-corrected chi connectivity index (χ3v) is 4.66. The lowest BCUT2D eigenvalue weighted by Gasteiger charge is -2.02. The van der Waals surface area contributed by atoms with Crippen molar-refractivity contribution >= 4 is 16.7 Å². The van der Waals surface area contributed by atoms with Gasteiger partial charge in [-0.1, -0.05) is 25.8 Å². The molecule has 0 N–H and O–H groups in total. The molecular weight excluding hydrogens is 324 g/mol. The highest BCUT2D eigenvalue weighted by atomic mass is 16.4. The molecule has 0 bridgehead atoms. The van der Waals surface area contributed by atoms with Crippen LogP contribution in [-0.4, -0.2) is 15.8 Å². The number of hydrogen-bond donors (Lipinski definition) is 0. The number of carbonyl (C=O) groups excluding carboxylic acids is 1. The summed E-state index contributed by atoms with van der Waals surface area (Å²) in [7, 11) is 0. The smallest absolute Gasteiger partial charge is 0.194 e. The summed E-state index contributed by atoms with van der Waals surface area (Å²) in [5.41, 5.74) is 3.04. The lowest BCUT2D eigenvalue weighted by atomic mass is 10.1. The average Bonchev–Trinajstić information content (AvgIpc) is 3.12. The van der Waals surface area contributed by atoms with Gasteiger partial charge in [0.25, 0.3) is 0 Å². The summed E-state index contributed by atoms with van der Waals surface area (Å²) in [6.45, 7) is 3.92. The summed E-state index contributed by atoms with van der Waals surface area (Å²) in [5.74, 6) is 1.95. The van der Waals surface area contributed by atoms with Gasteiger partial charge in [-0.3, -0.25) is 9.78 Å². The topological polar surface area (TPSA) is 56.0 Å². The second-order valence-corrected chi connectivity index (χ2v) is 6.78. The number of nitrogens with zero attached hydrogens (tertiary/aromatic N) is 2. The molecule has 3 aromatic rings. The van der Waals surface area contributed by atoms with Crippen LogP contribution < -0.4 is 0 Å². The van der Waals surface area contributed by atoms with Crippen molar-refractivity contribution in [1.82, 2.24) is 9.97 Å². The van der Waals surface area contributed by atoms with Crippen LogP contribution in [0, 0.1) is 6.92 Å². The Kier molecular flexibility index (Phi) is 6.16. The summed E-state index contributed by atoms with van der Waals surface area (Å²) in [5, 5.41) is 1.10. The Morgan fingerprint density at radius 3 is 2.77 bits per heavy atom. The second kappa shape index (κ2) is 8.75. The van der Waals surface area contributed by atoms with Gasteiger partial charge in [-0.15, -0.1) is 0 Å². The standard InChI is InChI=1S/C22H26N2O2/c1-3-19(25)8-6-4-5-7-9-22-23-15-21(26-22)18-12-13-20-17(14-18)11-10-16(2)24-20/h10-15H,3-9H2,1-2H3. The van der Waals surface area contributed by atoms with E-state index in [1.165, 1.54) is 0 Å². The van der Waals surface area contributed by atoms with Gasteiger partial charge < -0.3 is 4.42 Å². The van der Waals surface area contributed by atoms with E-state index in [0.29, 0.717) is 12.2 Å². The maximum Gasteiger partial charge on any atom is 0.194 e. The molecule has 0 aliphatic carbocycles. The number of ketones is 1. The molecule has 0 saturated heterocycles. The first-order valence-corrected chi connectivity index (χ1v) is 9.50. The number of oxazole rings is 1. The molecule has 0 radical (unpaired) electrons. The molecule has 4 heteroatoms. The van der Waals surface area contributed by atoms with Crippen molar-refractivity contribution in [3.8, 4) is 11.3 Å². The van der Waals surface area contributed by atoms with Gasteiger partial charge in [0.2, 0.25) is 0 Å². The van der Waals surface area contributed by atoms with Gasteiger partial charge >= 0.3 is 0 Å². The van der Waals surface area contributed by atoms with E-state index in [1.54, 1.807) is 6.20 Å². The van der Waals surface area contributed by atoms with E-state index in [2.05, 4.69) is 22.1 Å². The van der Waals surface area contributed by atoms with Crippen LogP contribution in [0.5, 0.6) is 0 Å². The lowest BCUT2D eigenvalue weighted by Crippen LogP contribution is -1.94. The van der Waals surface area contributed by atoms with Crippen LogP contribution in [0.3, 0.4) is 0 Å². The molecule has 136 valence electrons. The quantitative estimate of drug-likeness (QED) is 0.467. The van der Waals surface area contributed by atoms with Crippen molar-refractivity contribution < 1.29 is 9.21 Å². The number of fused-ring (bicyclic) bond motifs is 1. The predicted octanol–water partition coefficient (Wildman–Crippen LogP) is 5.67. The number of carbonyl (C=O) groups is 1. The molecule has 26 heavy (non-hydrogen) atoms. The van der Waals surface area contributed by atoms with E-state index in [0.717, 1.165) is 72.3 Å². The molecule has 2 aromatic heterocycles. The van der Waals surface area contributed by atoms with E-state index in [-0.39, 0.29) is 0 Å².